The summed E-state index contributed by atoms with van der Waals surface area (Å²) in [5.41, 5.74) is 0.987. The van der Waals surface area contributed by atoms with Gasteiger partial charge in [-0.2, -0.15) is 0 Å². The number of anilines is 1. The van der Waals surface area contributed by atoms with Crippen LogP contribution in [0.3, 0.4) is 0 Å². The fraction of sp³-hybridized carbons (Fsp3) is 0.533. The molecule has 0 unspecified atom stereocenters. The number of hydrogen-bond acceptors (Lipinski definition) is 4. The topological polar surface area (TPSA) is 59.6 Å². The van der Waals surface area contributed by atoms with Crippen molar-refractivity contribution in [3.05, 3.63) is 24.3 Å². The van der Waals surface area contributed by atoms with Crippen LogP contribution >= 0.6 is 0 Å². The number of benzene rings is 1. The number of carbonyl (C=O) groups is 1. The van der Waals surface area contributed by atoms with Gasteiger partial charge in [0.1, 0.15) is 5.75 Å². The third-order valence-electron chi connectivity index (χ3n) is 2.69. The normalized spacial score (nSPS) is 10.1. The molecule has 0 bridgehead atoms. The number of nitrogens with one attached hydrogen (secondary N) is 2. The molecule has 1 aromatic rings. The van der Waals surface area contributed by atoms with Crippen molar-refractivity contribution in [1.82, 2.24) is 5.32 Å². The Morgan fingerprint density at radius 2 is 1.95 bits per heavy atom. The van der Waals surface area contributed by atoms with E-state index in [9.17, 15) is 4.79 Å². The van der Waals surface area contributed by atoms with Crippen LogP contribution in [-0.4, -0.2) is 39.3 Å². The molecule has 2 N–H and O–H groups in total. The molecule has 1 aromatic carbocycles. The Bertz CT molecular complexity index is 379. The summed E-state index contributed by atoms with van der Waals surface area (Å²) in [5, 5.41) is 6.06. The van der Waals surface area contributed by atoms with Crippen molar-refractivity contribution in [3.63, 3.8) is 0 Å². The van der Waals surface area contributed by atoms with Gasteiger partial charge in [-0.3, -0.25) is 4.79 Å². The third-order valence-corrected chi connectivity index (χ3v) is 2.69. The minimum absolute atomic E-state index is 0.0551. The summed E-state index contributed by atoms with van der Waals surface area (Å²) in [5.74, 6) is 0.911. The van der Waals surface area contributed by atoms with Crippen LogP contribution in [0, 0.1) is 0 Å². The van der Waals surface area contributed by atoms with Crippen LogP contribution in [0.1, 0.15) is 19.8 Å². The van der Waals surface area contributed by atoms with Crippen LogP contribution in [0.4, 0.5) is 5.69 Å². The summed E-state index contributed by atoms with van der Waals surface area (Å²) >= 11 is 0. The first-order valence-electron chi connectivity index (χ1n) is 6.98. The molecule has 0 heterocycles. The number of rotatable bonds is 10. The highest BCUT2D eigenvalue weighted by Gasteiger charge is 2.00. The van der Waals surface area contributed by atoms with Crippen molar-refractivity contribution in [1.29, 1.82) is 0 Å². The van der Waals surface area contributed by atoms with Gasteiger partial charge in [-0.25, -0.2) is 0 Å². The molecule has 20 heavy (non-hydrogen) atoms. The number of carbonyl (C=O) groups excluding carboxylic acids is 1. The predicted molar refractivity (Wildman–Crippen MR) is 80.2 cm³/mol. The Balaban J connectivity index is 2.15. The third kappa shape index (κ3) is 6.99. The molecule has 0 aliphatic carbocycles. The van der Waals surface area contributed by atoms with Crippen molar-refractivity contribution < 1.29 is 14.3 Å². The Kier molecular flexibility index (Phi) is 8.22. The first-order valence-corrected chi connectivity index (χ1v) is 6.98. The Labute approximate surface area is 120 Å². The zero-order valence-electron chi connectivity index (χ0n) is 12.3. The van der Waals surface area contributed by atoms with Gasteiger partial charge in [-0.15, -0.1) is 0 Å². The van der Waals surface area contributed by atoms with Crippen LogP contribution in [0.25, 0.3) is 0 Å². The van der Waals surface area contributed by atoms with Crippen LogP contribution in [0.5, 0.6) is 5.75 Å². The zero-order chi connectivity index (χ0) is 14.6. The van der Waals surface area contributed by atoms with Gasteiger partial charge >= 0.3 is 0 Å². The van der Waals surface area contributed by atoms with Crippen molar-refractivity contribution in [2.45, 2.75) is 19.8 Å². The van der Waals surface area contributed by atoms with Crippen molar-refractivity contribution in [2.75, 3.05) is 38.7 Å². The zero-order valence-corrected chi connectivity index (χ0v) is 12.3. The molecule has 5 heteroatoms. The molecule has 0 radical (unpaired) electrons. The minimum Gasteiger partial charge on any atom is -0.494 e. The second-order valence-electron chi connectivity index (χ2n) is 4.33. The second kappa shape index (κ2) is 10.1. The standard InChI is InChI=1S/C15H24N2O3/c1-3-20-14-7-5-13(6-8-14)16-11-9-15(18)17-10-4-12-19-2/h5-8,16H,3-4,9-12H2,1-2H3,(H,17,18). The lowest BCUT2D eigenvalue weighted by molar-refractivity contribution is -0.120. The van der Waals surface area contributed by atoms with Gasteiger partial charge in [-0.05, 0) is 37.6 Å². The van der Waals surface area contributed by atoms with Gasteiger partial charge in [0.2, 0.25) is 5.91 Å². The van der Waals surface area contributed by atoms with Gasteiger partial charge in [-0.1, -0.05) is 0 Å². The quantitative estimate of drug-likeness (QED) is 0.644. The van der Waals surface area contributed by atoms with Crippen molar-refractivity contribution in [2.24, 2.45) is 0 Å². The molecule has 5 nitrogen and oxygen atoms in total. The first kappa shape index (κ1) is 16.3. The maximum Gasteiger partial charge on any atom is 0.221 e. The molecule has 0 aliphatic heterocycles. The summed E-state index contributed by atoms with van der Waals surface area (Å²) in [4.78, 5) is 11.5. The van der Waals surface area contributed by atoms with E-state index in [1.807, 2.05) is 31.2 Å². The Morgan fingerprint density at radius 3 is 2.60 bits per heavy atom. The molecule has 0 aromatic heterocycles. The predicted octanol–water partition coefficient (Wildman–Crippen LogP) is 2.04. The lowest BCUT2D eigenvalue weighted by Gasteiger charge is -2.08. The summed E-state index contributed by atoms with van der Waals surface area (Å²) in [6, 6.07) is 7.72. The fourth-order valence-electron chi connectivity index (χ4n) is 1.69. The lowest BCUT2D eigenvalue weighted by atomic mass is 10.3. The minimum atomic E-state index is 0.0551. The smallest absolute Gasteiger partial charge is 0.221 e. The van der Waals surface area contributed by atoms with Gasteiger partial charge in [0.25, 0.3) is 0 Å². The van der Waals surface area contributed by atoms with E-state index in [1.165, 1.54) is 0 Å². The number of hydrogen-bond donors (Lipinski definition) is 2. The molecule has 1 rings (SSSR count). The summed E-state index contributed by atoms with van der Waals surface area (Å²) < 4.78 is 10.3. The highest BCUT2D eigenvalue weighted by Crippen LogP contribution is 2.15. The maximum absolute atomic E-state index is 11.5. The van der Waals surface area contributed by atoms with Gasteiger partial charge in [0.15, 0.2) is 0 Å². The number of methoxy groups -OCH3 is 1. The van der Waals surface area contributed by atoms with E-state index < -0.39 is 0 Å². The largest absolute Gasteiger partial charge is 0.494 e. The van der Waals surface area contributed by atoms with Gasteiger partial charge < -0.3 is 20.1 Å². The molecule has 0 saturated carbocycles. The second-order valence-corrected chi connectivity index (χ2v) is 4.33. The van der Waals surface area contributed by atoms with Crippen LogP contribution in [-0.2, 0) is 9.53 Å². The highest BCUT2D eigenvalue weighted by atomic mass is 16.5. The molecule has 1 amide bonds. The fourth-order valence-corrected chi connectivity index (χ4v) is 1.69. The lowest BCUT2D eigenvalue weighted by Crippen LogP contribution is -2.26. The van der Waals surface area contributed by atoms with Gasteiger partial charge in [0, 0.05) is 38.9 Å². The van der Waals surface area contributed by atoms with Crippen LogP contribution < -0.4 is 15.4 Å². The SMILES string of the molecule is CCOc1ccc(NCCC(=O)NCCCOC)cc1. The molecular formula is C15H24N2O3. The van der Waals surface area contributed by atoms with Crippen molar-refractivity contribution in [3.8, 4) is 5.75 Å². The van der Waals surface area contributed by atoms with Crippen LogP contribution in [0.15, 0.2) is 24.3 Å². The van der Waals surface area contributed by atoms with E-state index in [4.69, 9.17) is 9.47 Å². The molecule has 0 atom stereocenters. The first-order chi connectivity index (χ1) is 9.76. The van der Waals surface area contributed by atoms with Gasteiger partial charge in [0.05, 0.1) is 6.61 Å². The monoisotopic (exact) mass is 280 g/mol. The summed E-state index contributed by atoms with van der Waals surface area (Å²) in [6.45, 7) is 4.57. The Morgan fingerprint density at radius 1 is 1.20 bits per heavy atom. The van der Waals surface area contributed by atoms with E-state index in [0.29, 0.717) is 32.7 Å². The molecule has 0 fully saturated rings. The van der Waals surface area contributed by atoms with Crippen LogP contribution in [0.2, 0.25) is 0 Å². The summed E-state index contributed by atoms with van der Waals surface area (Å²) in [7, 11) is 1.66. The highest BCUT2D eigenvalue weighted by molar-refractivity contribution is 5.76. The average Bonchev–Trinajstić information content (AvgIpc) is 2.46. The van der Waals surface area contributed by atoms with E-state index in [2.05, 4.69) is 10.6 Å². The van der Waals surface area contributed by atoms with E-state index >= 15 is 0 Å². The van der Waals surface area contributed by atoms with Crippen molar-refractivity contribution >= 4 is 11.6 Å². The molecule has 0 spiro atoms. The molecule has 112 valence electrons. The molecular weight excluding hydrogens is 256 g/mol. The molecule has 0 saturated heterocycles. The van der Waals surface area contributed by atoms with E-state index in [1.54, 1.807) is 7.11 Å². The maximum atomic E-state index is 11.5. The average molecular weight is 280 g/mol. The number of ether oxygens (including phenoxy) is 2. The van der Waals surface area contributed by atoms with E-state index in [0.717, 1.165) is 17.9 Å². The summed E-state index contributed by atoms with van der Waals surface area (Å²) in [6.07, 6.45) is 1.30. The Hall–Kier alpha value is -1.75. The number of amides is 1. The molecule has 0 aliphatic rings. The van der Waals surface area contributed by atoms with E-state index in [-0.39, 0.29) is 5.91 Å².